The van der Waals surface area contributed by atoms with Crippen molar-refractivity contribution in [2.45, 2.75) is 59.3 Å². The van der Waals surface area contributed by atoms with E-state index in [1.807, 2.05) is 6.92 Å². The van der Waals surface area contributed by atoms with Crippen molar-refractivity contribution in [1.29, 1.82) is 0 Å². The predicted octanol–water partition coefficient (Wildman–Crippen LogP) is 4.45. The van der Waals surface area contributed by atoms with Gasteiger partial charge < -0.3 is 5.11 Å². The van der Waals surface area contributed by atoms with Crippen LogP contribution in [0.25, 0.3) is 0 Å². The van der Waals surface area contributed by atoms with Gasteiger partial charge in [-0.05, 0) is 12.3 Å². The third kappa shape index (κ3) is 2.72. The molecule has 1 aromatic rings. The molecule has 100 valence electrons. The van der Waals surface area contributed by atoms with E-state index in [1.54, 1.807) is 0 Å². The lowest BCUT2D eigenvalue weighted by atomic mass is 9.81. The number of carbonyl (C=O) groups is 1. The summed E-state index contributed by atoms with van der Waals surface area (Å²) in [6.45, 7) is 14.2. The summed E-state index contributed by atoms with van der Waals surface area (Å²) < 4.78 is 0. The topological polar surface area (TPSA) is 37.3 Å². The van der Waals surface area contributed by atoms with Crippen LogP contribution in [0, 0.1) is 6.92 Å². The van der Waals surface area contributed by atoms with Crippen LogP contribution in [0.2, 0.25) is 0 Å². The van der Waals surface area contributed by atoms with Crippen LogP contribution in [0.4, 0.5) is 0 Å². The normalized spacial score (nSPS) is 12.6. The van der Waals surface area contributed by atoms with E-state index in [1.165, 1.54) is 11.3 Å². The number of rotatable bonds is 1. The zero-order chi connectivity index (χ0) is 14.3. The van der Waals surface area contributed by atoms with E-state index in [2.05, 4.69) is 41.5 Å². The first-order chi connectivity index (χ1) is 8.00. The van der Waals surface area contributed by atoms with Crippen LogP contribution in [0.1, 0.15) is 67.2 Å². The van der Waals surface area contributed by atoms with E-state index >= 15 is 0 Å². The SMILES string of the molecule is Cc1c(C=O)[s+]c(C(C)(C)C)c(O)c1C(C)(C)C. The minimum Gasteiger partial charge on any atom is -0.503 e. The number of aldehydes is 1. The molecule has 3 heteroatoms. The molecule has 0 bridgehead atoms. The van der Waals surface area contributed by atoms with Crippen molar-refractivity contribution in [3.63, 3.8) is 0 Å². The molecule has 0 saturated carbocycles. The van der Waals surface area contributed by atoms with Crippen LogP contribution in [0.3, 0.4) is 0 Å². The Morgan fingerprint density at radius 3 is 1.89 bits per heavy atom. The number of carbonyl (C=O) groups excluding carboxylic acids is 1. The van der Waals surface area contributed by atoms with Gasteiger partial charge in [-0.3, -0.25) is 4.79 Å². The molecular formula is C15H23O2S+. The maximum Gasteiger partial charge on any atom is 0.274 e. The first-order valence-electron chi connectivity index (χ1n) is 6.16. The summed E-state index contributed by atoms with van der Waals surface area (Å²) in [7, 11) is 0. The van der Waals surface area contributed by atoms with Gasteiger partial charge >= 0.3 is 0 Å². The van der Waals surface area contributed by atoms with Gasteiger partial charge in [-0.15, -0.1) is 0 Å². The van der Waals surface area contributed by atoms with Crippen LogP contribution >= 0.6 is 11.3 Å². The van der Waals surface area contributed by atoms with Gasteiger partial charge in [0.15, 0.2) is 5.75 Å². The Morgan fingerprint density at radius 1 is 1.06 bits per heavy atom. The first-order valence-corrected chi connectivity index (χ1v) is 6.97. The van der Waals surface area contributed by atoms with Gasteiger partial charge in [-0.1, -0.05) is 41.5 Å². The molecule has 0 aliphatic rings. The van der Waals surface area contributed by atoms with Gasteiger partial charge in [0.1, 0.15) is 0 Å². The molecule has 0 saturated heterocycles. The summed E-state index contributed by atoms with van der Waals surface area (Å²) in [5.74, 6) is 0.350. The molecule has 0 fully saturated rings. The Morgan fingerprint density at radius 2 is 1.56 bits per heavy atom. The second-order valence-corrected chi connectivity index (χ2v) is 7.81. The fourth-order valence-electron chi connectivity index (χ4n) is 2.19. The highest BCUT2D eigenvalue weighted by Crippen LogP contribution is 2.44. The van der Waals surface area contributed by atoms with Crippen LogP contribution in [0.15, 0.2) is 0 Å². The third-order valence-corrected chi connectivity index (χ3v) is 4.58. The number of hydrogen-bond acceptors (Lipinski definition) is 2. The van der Waals surface area contributed by atoms with E-state index in [0.717, 1.165) is 22.3 Å². The molecule has 0 radical (unpaired) electrons. The van der Waals surface area contributed by atoms with Gasteiger partial charge in [-0.25, -0.2) is 0 Å². The van der Waals surface area contributed by atoms with Gasteiger partial charge in [0, 0.05) is 16.5 Å². The van der Waals surface area contributed by atoms with Crippen molar-refractivity contribution in [2.24, 2.45) is 0 Å². The first kappa shape index (κ1) is 15.1. The molecule has 0 amide bonds. The summed E-state index contributed by atoms with van der Waals surface area (Å²) >= 11 is 1.39. The Kier molecular flexibility index (Phi) is 3.87. The van der Waals surface area contributed by atoms with Gasteiger partial charge in [0.2, 0.25) is 17.6 Å². The van der Waals surface area contributed by atoms with E-state index in [-0.39, 0.29) is 10.8 Å². The highest BCUT2D eigenvalue weighted by Gasteiger charge is 2.37. The fraction of sp³-hybridized carbons (Fsp3) is 0.600. The summed E-state index contributed by atoms with van der Waals surface area (Å²) in [6, 6.07) is 0. The standard InChI is InChI=1S/C15H22O2S/c1-9-10(8-16)18-13(15(5,6)7)12(17)11(9)14(2,3)4/h8H,1-7H3/p+1. The van der Waals surface area contributed by atoms with Gasteiger partial charge in [0.05, 0.1) is 0 Å². The lowest BCUT2D eigenvalue weighted by molar-refractivity contribution is 0.112. The summed E-state index contributed by atoms with van der Waals surface area (Å²) in [4.78, 5) is 12.8. The lowest BCUT2D eigenvalue weighted by Gasteiger charge is -2.24. The number of aromatic hydroxyl groups is 1. The van der Waals surface area contributed by atoms with Crippen molar-refractivity contribution < 1.29 is 9.90 Å². The average molecular weight is 267 g/mol. The number of hydrogen-bond donors (Lipinski definition) is 1. The van der Waals surface area contributed by atoms with Crippen molar-refractivity contribution in [1.82, 2.24) is 0 Å². The Bertz CT molecular complexity index is 477. The van der Waals surface area contributed by atoms with Crippen LogP contribution in [0.5, 0.6) is 5.75 Å². The van der Waals surface area contributed by atoms with Crippen molar-refractivity contribution in [3.8, 4) is 5.75 Å². The smallest absolute Gasteiger partial charge is 0.274 e. The van der Waals surface area contributed by atoms with Gasteiger partial charge in [0.25, 0.3) is 9.75 Å². The molecule has 0 atom stereocenters. The average Bonchev–Trinajstić information content (AvgIpc) is 2.13. The summed E-state index contributed by atoms with van der Waals surface area (Å²) in [5.41, 5.74) is 1.43. The zero-order valence-corrected chi connectivity index (χ0v) is 13.2. The minimum atomic E-state index is -0.181. The van der Waals surface area contributed by atoms with E-state index in [4.69, 9.17) is 0 Å². The second kappa shape index (κ2) is 4.61. The maximum absolute atomic E-state index is 11.2. The quantitative estimate of drug-likeness (QED) is 0.603. The molecule has 2 nitrogen and oxygen atoms in total. The highest BCUT2D eigenvalue weighted by atomic mass is 32.1. The molecule has 1 heterocycles. The Labute approximate surface area is 114 Å². The summed E-state index contributed by atoms with van der Waals surface area (Å²) in [5, 5.41) is 10.6. The molecule has 0 aromatic carbocycles. The molecule has 0 spiro atoms. The molecule has 18 heavy (non-hydrogen) atoms. The van der Waals surface area contributed by atoms with Crippen LogP contribution in [-0.4, -0.2) is 11.4 Å². The van der Waals surface area contributed by atoms with Crippen molar-refractivity contribution >= 4 is 17.6 Å². The lowest BCUT2D eigenvalue weighted by Crippen LogP contribution is -2.18. The van der Waals surface area contributed by atoms with Crippen LogP contribution in [-0.2, 0) is 10.8 Å². The van der Waals surface area contributed by atoms with E-state index in [0.29, 0.717) is 10.6 Å². The Hall–Kier alpha value is -0.960. The van der Waals surface area contributed by atoms with E-state index in [9.17, 15) is 9.90 Å². The second-order valence-electron chi connectivity index (χ2n) is 6.76. The van der Waals surface area contributed by atoms with E-state index < -0.39 is 0 Å². The minimum absolute atomic E-state index is 0.166. The maximum atomic E-state index is 11.2. The predicted molar refractivity (Wildman–Crippen MR) is 77.9 cm³/mol. The zero-order valence-electron chi connectivity index (χ0n) is 12.3. The third-order valence-electron chi connectivity index (χ3n) is 2.95. The molecule has 0 aliphatic heterocycles. The van der Waals surface area contributed by atoms with Crippen molar-refractivity contribution in [2.75, 3.05) is 0 Å². The molecule has 1 rings (SSSR count). The fourth-order valence-corrected chi connectivity index (χ4v) is 3.22. The molecule has 1 N–H and O–H groups in total. The van der Waals surface area contributed by atoms with Gasteiger partial charge in [-0.2, -0.15) is 0 Å². The molecule has 0 unspecified atom stereocenters. The monoisotopic (exact) mass is 267 g/mol. The molecular weight excluding hydrogens is 244 g/mol. The summed E-state index contributed by atoms with van der Waals surface area (Å²) in [6.07, 6.45) is 0.893. The Balaban J connectivity index is 3.76. The molecule has 0 aliphatic carbocycles. The molecule has 1 aromatic heterocycles. The van der Waals surface area contributed by atoms with Crippen molar-refractivity contribution in [3.05, 3.63) is 20.9 Å². The highest BCUT2D eigenvalue weighted by molar-refractivity contribution is 7.13. The largest absolute Gasteiger partial charge is 0.503 e. The van der Waals surface area contributed by atoms with Crippen LogP contribution < -0.4 is 0 Å².